The molecule has 0 fully saturated rings. The van der Waals surface area contributed by atoms with Gasteiger partial charge in [0.25, 0.3) is 0 Å². The van der Waals surface area contributed by atoms with Crippen LogP contribution < -0.4 is 14.8 Å². The molecule has 0 radical (unpaired) electrons. The summed E-state index contributed by atoms with van der Waals surface area (Å²) in [5.74, 6) is 1.63. The molecule has 188 valence electrons. The lowest BCUT2D eigenvalue weighted by Crippen LogP contribution is -2.28. The zero-order valence-electron chi connectivity index (χ0n) is 21.9. The molecule has 0 bridgehead atoms. The standard InChI is InChI=1S/C31H36N2O3/c1-21(2)18-32-31(34)17-26(24-14-15-29(35-4)30(16-24)36-5)27-20-33(28-9-7-6-8-25(27)28)19-23-12-10-22(3)11-13-23/h6-16,20-21,26H,17-19H2,1-5H3,(H,32,34)/t26-/m0/s1. The molecular formula is C31H36N2O3. The van der Waals surface area contributed by atoms with Crippen molar-refractivity contribution < 1.29 is 14.3 Å². The van der Waals surface area contributed by atoms with Crippen molar-refractivity contribution in [2.75, 3.05) is 20.8 Å². The summed E-state index contributed by atoms with van der Waals surface area (Å²) in [5.41, 5.74) is 5.79. The predicted octanol–water partition coefficient (Wildman–Crippen LogP) is 6.31. The molecule has 0 spiro atoms. The van der Waals surface area contributed by atoms with Crippen LogP contribution in [0.2, 0.25) is 0 Å². The molecule has 0 aliphatic heterocycles. The van der Waals surface area contributed by atoms with Crippen molar-refractivity contribution in [1.29, 1.82) is 0 Å². The molecule has 0 aliphatic carbocycles. The number of para-hydroxylation sites is 1. The van der Waals surface area contributed by atoms with Gasteiger partial charge in [0.2, 0.25) is 5.91 Å². The van der Waals surface area contributed by atoms with Gasteiger partial charge < -0.3 is 19.4 Å². The van der Waals surface area contributed by atoms with Crippen LogP contribution in [0.5, 0.6) is 11.5 Å². The Morgan fingerprint density at radius 2 is 1.67 bits per heavy atom. The Morgan fingerprint density at radius 3 is 2.36 bits per heavy atom. The maximum absolute atomic E-state index is 13.1. The lowest BCUT2D eigenvalue weighted by molar-refractivity contribution is -0.121. The summed E-state index contributed by atoms with van der Waals surface area (Å²) < 4.78 is 13.3. The molecule has 1 atom stereocenters. The van der Waals surface area contributed by atoms with Gasteiger partial charge >= 0.3 is 0 Å². The number of amides is 1. The molecular weight excluding hydrogens is 448 g/mol. The summed E-state index contributed by atoms with van der Waals surface area (Å²) in [4.78, 5) is 13.1. The van der Waals surface area contributed by atoms with Crippen LogP contribution in [0.25, 0.3) is 10.9 Å². The van der Waals surface area contributed by atoms with E-state index in [0.717, 1.165) is 28.6 Å². The molecule has 1 N–H and O–H groups in total. The summed E-state index contributed by atoms with van der Waals surface area (Å²) in [5, 5.41) is 4.26. The number of nitrogens with zero attached hydrogens (tertiary/aromatic N) is 1. The number of aromatic nitrogens is 1. The number of benzene rings is 3. The molecule has 36 heavy (non-hydrogen) atoms. The fourth-order valence-corrected chi connectivity index (χ4v) is 4.63. The molecule has 1 amide bonds. The molecule has 0 unspecified atom stereocenters. The van der Waals surface area contributed by atoms with Crippen molar-refractivity contribution in [2.24, 2.45) is 5.92 Å². The summed E-state index contributed by atoms with van der Waals surface area (Å²) in [6.45, 7) is 7.73. The number of hydrogen-bond acceptors (Lipinski definition) is 3. The Bertz CT molecular complexity index is 1320. The number of nitrogens with one attached hydrogen (secondary N) is 1. The van der Waals surface area contributed by atoms with Crippen LogP contribution in [0.3, 0.4) is 0 Å². The van der Waals surface area contributed by atoms with E-state index in [1.54, 1.807) is 14.2 Å². The van der Waals surface area contributed by atoms with Gasteiger partial charge in [-0.2, -0.15) is 0 Å². The second-order valence-corrected chi connectivity index (χ2v) is 9.78. The Kier molecular flexibility index (Phi) is 7.99. The summed E-state index contributed by atoms with van der Waals surface area (Å²) in [7, 11) is 3.27. The van der Waals surface area contributed by atoms with Gasteiger partial charge in [-0.15, -0.1) is 0 Å². The lowest BCUT2D eigenvalue weighted by atomic mass is 9.87. The molecule has 1 heterocycles. The number of ether oxygens (including phenoxy) is 2. The van der Waals surface area contributed by atoms with E-state index < -0.39 is 0 Å². The fourth-order valence-electron chi connectivity index (χ4n) is 4.63. The van der Waals surface area contributed by atoms with Crippen LogP contribution >= 0.6 is 0 Å². The maximum atomic E-state index is 13.1. The molecule has 4 aromatic rings. The number of rotatable bonds is 10. The SMILES string of the molecule is COc1ccc([C@H](CC(=O)NCC(C)C)c2cn(Cc3ccc(C)cc3)c3ccccc23)cc1OC. The highest BCUT2D eigenvalue weighted by Gasteiger charge is 2.24. The van der Waals surface area contributed by atoms with Gasteiger partial charge in [-0.05, 0) is 47.7 Å². The molecule has 1 aromatic heterocycles. The third-order valence-corrected chi connectivity index (χ3v) is 6.58. The van der Waals surface area contributed by atoms with Gasteiger partial charge in [-0.3, -0.25) is 4.79 Å². The highest BCUT2D eigenvalue weighted by atomic mass is 16.5. The first-order valence-corrected chi connectivity index (χ1v) is 12.5. The van der Waals surface area contributed by atoms with Crippen LogP contribution in [0.1, 0.15) is 48.4 Å². The second-order valence-electron chi connectivity index (χ2n) is 9.78. The Hall–Kier alpha value is -3.73. The van der Waals surface area contributed by atoms with E-state index in [1.165, 1.54) is 11.1 Å². The van der Waals surface area contributed by atoms with Crippen LogP contribution in [-0.4, -0.2) is 31.2 Å². The van der Waals surface area contributed by atoms with Gasteiger partial charge in [0.05, 0.1) is 14.2 Å². The maximum Gasteiger partial charge on any atom is 0.220 e. The molecule has 0 saturated carbocycles. The van der Waals surface area contributed by atoms with Gasteiger partial charge in [-0.1, -0.05) is 67.9 Å². The Balaban J connectivity index is 1.79. The number of methoxy groups -OCH3 is 2. The topological polar surface area (TPSA) is 52.5 Å². The van der Waals surface area contributed by atoms with Crippen molar-refractivity contribution in [1.82, 2.24) is 9.88 Å². The van der Waals surface area contributed by atoms with Crippen LogP contribution in [0, 0.1) is 12.8 Å². The number of fused-ring (bicyclic) bond motifs is 1. The van der Waals surface area contributed by atoms with E-state index >= 15 is 0 Å². The van der Waals surface area contributed by atoms with Crippen molar-refractivity contribution in [3.63, 3.8) is 0 Å². The second kappa shape index (κ2) is 11.3. The monoisotopic (exact) mass is 484 g/mol. The van der Waals surface area contributed by atoms with E-state index in [1.807, 2.05) is 18.2 Å². The van der Waals surface area contributed by atoms with Gasteiger partial charge in [0.15, 0.2) is 11.5 Å². The van der Waals surface area contributed by atoms with E-state index in [9.17, 15) is 4.79 Å². The molecule has 5 heteroatoms. The summed E-state index contributed by atoms with van der Waals surface area (Å²) in [6, 6.07) is 23.0. The minimum absolute atomic E-state index is 0.0406. The number of hydrogen-bond donors (Lipinski definition) is 1. The van der Waals surface area contributed by atoms with Crippen molar-refractivity contribution >= 4 is 16.8 Å². The van der Waals surface area contributed by atoms with Crippen LogP contribution in [0.15, 0.2) is 72.9 Å². The highest BCUT2D eigenvalue weighted by Crippen LogP contribution is 2.38. The normalized spacial score (nSPS) is 12.1. The third-order valence-electron chi connectivity index (χ3n) is 6.58. The third kappa shape index (κ3) is 5.73. The van der Waals surface area contributed by atoms with Crippen molar-refractivity contribution in [2.45, 2.75) is 39.7 Å². The first kappa shape index (κ1) is 25.4. The molecule has 0 saturated heterocycles. The van der Waals surface area contributed by atoms with Gasteiger partial charge in [0, 0.05) is 42.5 Å². The van der Waals surface area contributed by atoms with Crippen LogP contribution in [0.4, 0.5) is 0 Å². The first-order valence-electron chi connectivity index (χ1n) is 12.5. The summed E-state index contributed by atoms with van der Waals surface area (Å²) >= 11 is 0. The largest absolute Gasteiger partial charge is 0.493 e. The van der Waals surface area contributed by atoms with Crippen molar-refractivity contribution in [3.05, 3.63) is 95.2 Å². The van der Waals surface area contributed by atoms with E-state index in [2.05, 4.69) is 85.4 Å². The van der Waals surface area contributed by atoms with Gasteiger partial charge in [-0.25, -0.2) is 0 Å². The number of carbonyl (C=O) groups is 1. The highest BCUT2D eigenvalue weighted by molar-refractivity contribution is 5.87. The van der Waals surface area contributed by atoms with E-state index in [0.29, 0.717) is 30.4 Å². The average Bonchev–Trinajstić information content (AvgIpc) is 3.25. The minimum atomic E-state index is -0.138. The predicted molar refractivity (Wildman–Crippen MR) is 146 cm³/mol. The molecule has 4 rings (SSSR count). The van der Waals surface area contributed by atoms with Crippen LogP contribution in [-0.2, 0) is 11.3 Å². The molecule has 0 aliphatic rings. The first-order chi connectivity index (χ1) is 17.4. The number of carbonyl (C=O) groups excluding carboxylic acids is 1. The fraction of sp³-hybridized carbons (Fsp3) is 0.323. The van der Waals surface area contributed by atoms with Crippen molar-refractivity contribution in [3.8, 4) is 11.5 Å². The van der Waals surface area contributed by atoms with E-state index in [-0.39, 0.29) is 11.8 Å². The Morgan fingerprint density at radius 1 is 0.944 bits per heavy atom. The Labute approximate surface area is 214 Å². The van der Waals surface area contributed by atoms with Gasteiger partial charge in [0.1, 0.15) is 0 Å². The average molecular weight is 485 g/mol. The molecule has 3 aromatic carbocycles. The minimum Gasteiger partial charge on any atom is -0.493 e. The van der Waals surface area contributed by atoms with E-state index in [4.69, 9.17) is 9.47 Å². The zero-order valence-corrected chi connectivity index (χ0v) is 21.9. The quantitative estimate of drug-likeness (QED) is 0.287. The molecule has 5 nitrogen and oxygen atoms in total. The summed E-state index contributed by atoms with van der Waals surface area (Å²) in [6.07, 6.45) is 2.56. The number of aryl methyl sites for hydroxylation is 1. The zero-order chi connectivity index (χ0) is 25.7. The smallest absolute Gasteiger partial charge is 0.220 e. The lowest BCUT2D eigenvalue weighted by Gasteiger charge is -2.19.